The van der Waals surface area contributed by atoms with Crippen LogP contribution in [0, 0.1) is 6.92 Å². The van der Waals surface area contributed by atoms with Gasteiger partial charge in [0.15, 0.2) is 6.61 Å². The lowest BCUT2D eigenvalue weighted by atomic mass is 10.0. The molecule has 5 rings (SSSR count). The Hall–Kier alpha value is -5.20. The number of unbranched alkanes of at least 4 members (excludes halogenated alkanes) is 1. The molecule has 1 aromatic heterocycles. The Morgan fingerprint density at radius 1 is 0.923 bits per heavy atom. The van der Waals surface area contributed by atoms with Gasteiger partial charge >= 0.3 is 12.1 Å². The standard InChI is InChI=1S/C39H49N5O8/c1-4-6-23-51-39(49)43-21-19-42(20-22-43)38(48)30(16-17-36(46)50-5-2)41-37(47)32-25-34(29-15-14-27(3)24-31(29)40-32)52-26-35(45)44-18-10-13-33(44)28-11-8-7-9-12-28/h7-9,11-12,14-15,24-25,30,33H,4-6,10,13,16-23,26H2,1-3H3,(H,41,47)/t30-,33-/m0/s1. The van der Waals surface area contributed by atoms with E-state index in [0.29, 0.717) is 29.8 Å². The first-order valence-electron chi connectivity index (χ1n) is 18.2. The van der Waals surface area contributed by atoms with Crippen LogP contribution in [-0.4, -0.2) is 108 Å². The number of amides is 4. The predicted molar refractivity (Wildman–Crippen MR) is 194 cm³/mol. The average molecular weight is 716 g/mol. The Balaban J connectivity index is 1.31. The number of aryl methyl sites for hydroxylation is 1. The van der Waals surface area contributed by atoms with Gasteiger partial charge in [0.05, 0.1) is 24.8 Å². The van der Waals surface area contributed by atoms with E-state index in [-0.39, 0.29) is 75.8 Å². The third-order valence-electron chi connectivity index (χ3n) is 9.39. The Bertz CT molecular complexity index is 1730. The molecule has 0 radical (unpaired) electrons. The monoisotopic (exact) mass is 715 g/mol. The molecule has 13 heteroatoms. The van der Waals surface area contributed by atoms with Crippen LogP contribution in [0.25, 0.3) is 10.9 Å². The molecule has 13 nitrogen and oxygen atoms in total. The van der Waals surface area contributed by atoms with Crippen LogP contribution in [0.2, 0.25) is 0 Å². The van der Waals surface area contributed by atoms with Crippen molar-refractivity contribution in [1.29, 1.82) is 0 Å². The Kier molecular flexibility index (Phi) is 13.4. The van der Waals surface area contributed by atoms with Gasteiger partial charge in [0.25, 0.3) is 11.8 Å². The molecule has 2 aromatic carbocycles. The first-order chi connectivity index (χ1) is 25.2. The van der Waals surface area contributed by atoms with Crippen molar-refractivity contribution < 1.29 is 38.2 Å². The third-order valence-corrected chi connectivity index (χ3v) is 9.39. The molecular weight excluding hydrogens is 666 g/mol. The molecule has 4 amide bonds. The molecule has 278 valence electrons. The van der Waals surface area contributed by atoms with Crippen LogP contribution >= 0.6 is 0 Å². The summed E-state index contributed by atoms with van der Waals surface area (Å²) >= 11 is 0. The Morgan fingerprint density at radius 3 is 2.40 bits per heavy atom. The molecule has 0 aliphatic carbocycles. The van der Waals surface area contributed by atoms with Gasteiger partial charge in [-0.1, -0.05) is 49.7 Å². The van der Waals surface area contributed by atoms with Gasteiger partial charge in [-0.2, -0.15) is 0 Å². The maximum Gasteiger partial charge on any atom is 0.409 e. The summed E-state index contributed by atoms with van der Waals surface area (Å²) in [5, 5.41) is 3.44. The van der Waals surface area contributed by atoms with E-state index in [0.717, 1.165) is 36.8 Å². The quantitative estimate of drug-likeness (QED) is 0.184. The minimum atomic E-state index is -1.06. The number of nitrogens with zero attached hydrogens (tertiary/aromatic N) is 4. The second-order valence-electron chi connectivity index (χ2n) is 13.1. The maximum absolute atomic E-state index is 13.8. The highest BCUT2D eigenvalue weighted by Crippen LogP contribution is 2.32. The lowest BCUT2D eigenvalue weighted by molar-refractivity contribution is -0.143. The molecule has 0 saturated carbocycles. The number of aromatic nitrogens is 1. The van der Waals surface area contributed by atoms with E-state index in [1.165, 1.54) is 6.07 Å². The van der Waals surface area contributed by atoms with Crippen LogP contribution in [-0.2, 0) is 23.9 Å². The van der Waals surface area contributed by atoms with Gasteiger partial charge in [-0.15, -0.1) is 0 Å². The molecule has 2 atom stereocenters. The van der Waals surface area contributed by atoms with Crippen LogP contribution in [0.4, 0.5) is 4.79 Å². The SMILES string of the molecule is CCCCOC(=O)N1CCN(C(=O)[C@H](CCC(=O)OCC)NC(=O)c2cc(OCC(=O)N3CCC[C@H]3c3ccccc3)c3ccc(C)cc3n2)CC1. The predicted octanol–water partition coefficient (Wildman–Crippen LogP) is 4.81. The number of nitrogens with one attached hydrogen (secondary N) is 1. The molecule has 0 bridgehead atoms. The summed E-state index contributed by atoms with van der Waals surface area (Å²) in [5.74, 6) is -1.34. The molecule has 3 aromatic rings. The Morgan fingerprint density at radius 2 is 1.67 bits per heavy atom. The minimum Gasteiger partial charge on any atom is -0.483 e. The van der Waals surface area contributed by atoms with E-state index in [1.807, 2.05) is 67.3 Å². The first kappa shape index (κ1) is 38.0. The van der Waals surface area contributed by atoms with E-state index in [2.05, 4.69) is 10.3 Å². The summed E-state index contributed by atoms with van der Waals surface area (Å²) in [6, 6.07) is 15.9. The number of pyridine rings is 1. The normalized spacial score (nSPS) is 16.4. The summed E-state index contributed by atoms with van der Waals surface area (Å²) in [5.41, 5.74) is 2.49. The number of esters is 1. The fraction of sp³-hybridized carbons (Fsp3) is 0.487. The van der Waals surface area contributed by atoms with Gasteiger partial charge in [0.1, 0.15) is 17.5 Å². The van der Waals surface area contributed by atoms with Gasteiger partial charge < -0.3 is 34.2 Å². The lowest BCUT2D eigenvalue weighted by Gasteiger charge is -2.36. The van der Waals surface area contributed by atoms with Crippen LogP contribution in [0.1, 0.15) is 80.0 Å². The van der Waals surface area contributed by atoms with Crippen molar-refractivity contribution >= 4 is 40.7 Å². The zero-order chi connectivity index (χ0) is 37.0. The third kappa shape index (κ3) is 9.77. The average Bonchev–Trinajstić information content (AvgIpc) is 3.66. The van der Waals surface area contributed by atoms with Crippen molar-refractivity contribution in [3.63, 3.8) is 0 Å². The van der Waals surface area contributed by atoms with E-state index < -0.39 is 24.0 Å². The zero-order valence-corrected chi connectivity index (χ0v) is 30.3. The highest BCUT2D eigenvalue weighted by atomic mass is 16.6. The van der Waals surface area contributed by atoms with E-state index >= 15 is 0 Å². The van der Waals surface area contributed by atoms with Crippen molar-refractivity contribution in [3.05, 3.63) is 71.4 Å². The number of carbonyl (C=O) groups is 5. The number of rotatable bonds is 14. The molecule has 2 aliphatic heterocycles. The summed E-state index contributed by atoms with van der Waals surface area (Å²) in [6.07, 6.45) is 2.95. The van der Waals surface area contributed by atoms with E-state index in [4.69, 9.17) is 14.2 Å². The second kappa shape index (κ2) is 18.3. The summed E-state index contributed by atoms with van der Waals surface area (Å²) in [7, 11) is 0. The van der Waals surface area contributed by atoms with E-state index in [1.54, 1.807) is 16.7 Å². The van der Waals surface area contributed by atoms with E-state index in [9.17, 15) is 24.0 Å². The largest absolute Gasteiger partial charge is 0.483 e. The van der Waals surface area contributed by atoms with Crippen LogP contribution < -0.4 is 10.1 Å². The molecule has 3 heterocycles. The molecule has 52 heavy (non-hydrogen) atoms. The second-order valence-corrected chi connectivity index (χ2v) is 13.1. The van der Waals surface area contributed by atoms with Crippen molar-refractivity contribution in [3.8, 4) is 5.75 Å². The smallest absolute Gasteiger partial charge is 0.409 e. The van der Waals surface area contributed by atoms with Crippen molar-refractivity contribution in [2.45, 2.75) is 71.4 Å². The zero-order valence-electron chi connectivity index (χ0n) is 30.3. The number of hydrogen-bond acceptors (Lipinski definition) is 9. The lowest BCUT2D eigenvalue weighted by Crippen LogP contribution is -2.56. The number of benzene rings is 2. The fourth-order valence-corrected chi connectivity index (χ4v) is 6.56. The topological polar surface area (TPSA) is 148 Å². The summed E-state index contributed by atoms with van der Waals surface area (Å²) < 4.78 is 16.5. The van der Waals surface area contributed by atoms with Crippen molar-refractivity contribution in [2.24, 2.45) is 0 Å². The molecule has 0 unspecified atom stereocenters. The van der Waals surface area contributed by atoms with Crippen LogP contribution in [0.15, 0.2) is 54.6 Å². The number of ether oxygens (including phenoxy) is 3. The van der Waals surface area contributed by atoms with Gasteiger partial charge in [-0.05, 0) is 62.8 Å². The molecule has 1 N–H and O–H groups in total. The Labute approximate surface area is 304 Å². The first-order valence-corrected chi connectivity index (χ1v) is 18.2. The van der Waals surface area contributed by atoms with Crippen molar-refractivity contribution in [1.82, 2.24) is 25.0 Å². The van der Waals surface area contributed by atoms with Gasteiger partial charge in [0.2, 0.25) is 5.91 Å². The molecular formula is C39H49N5O8. The fourth-order valence-electron chi connectivity index (χ4n) is 6.56. The maximum atomic E-state index is 13.8. The van der Waals surface area contributed by atoms with Gasteiger partial charge in [-0.3, -0.25) is 19.2 Å². The number of piperazine rings is 1. The molecule has 2 fully saturated rings. The summed E-state index contributed by atoms with van der Waals surface area (Å²) in [4.78, 5) is 75.4. The number of likely N-dealkylation sites (tertiary alicyclic amines) is 1. The highest BCUT2D eigenvalue weighted by molar-refractivity contribution is 5.99. The molecule has 2 saturated heterocycles. The van der Waals surface area contributed by atoms with Crippen LogP contribution in [0.5, 0.6) is 5.75 Å². The number of carbonyl (C=O) groups excluding carboxylic acids is 5. The number of fused-ring (bicyclic) bond motifs is 1. The van der Waals surface area contributed by atoms with Crippen LogP contribution in [0.3, 0.4) is 0 Å². The highest BCUT2D eigenvalue weighted by Gasteiger charge is 2.33. The van der Waals surface area contributed by atoms with Gasteiger partial charge in [-0.25, -0.2) is 9.78 Å². The summed E-state index contributed by atoms with van der Waals surface area (Å²) in [6.45, 7) is 7.61. The minimum absolute atomic E-state index is 0.00235. The van der Waals surface area contributed by atoms with Crippen molar-refractivity contribution in [2.75, 3.05) is 52.5 Å². The molecule has 2 aliphatic rings. The number of hydrogen-bond donors (Lipinski definition) is 1. The molecule has 0 spiro atoms. The van der Waals surface area contributed by atoms with Gasteiger partial charge in [0, 0.05) is 50.6 Å².